The molecule has 0 atom stereocenters. The van der Waals surface area contributed by atoms with Crippen LogP contribution in [0.25, 0.3) is 0 Å². The fraction of sp³-hybridized carbons (Fsp3) is 0.267. The van der Waals surface area contributed by atoms with Gasteiger partial charge in [-0.1, -0.05) is 41.7 Å². The van der Waals surface area contributed by atoms with Gasteiger partial charge in [-0.2, -0.15) is 0 Å². The van der Waals surface area contributed by atoms with Crippen molar-refractivity contribution in [1.82, 2.24) is 9.88 Å². The minimum Gasteiger partial charge on any atom is -0.476 e. The van der Waals surface area contributed by atoms with Gasteiger partial charge in [0.15, 0.2) is 10.8 Å². The number of hydrogen-bond acceptors (Lipinski definition) is 5. The van der Waals surface area contributed by atoms with Crippen molar-refractivity contribution in [2.75, 3.05) is 12.4 Å². The summed E-state index contributed by atoms with van der Waals surface area (Å²) in [5, 5.41) is 12.1. The van der Waals surface area contributed by atoms with Crippen LogP contribution >= 0.6 is 11.3 Å². The molecule has 2 N–H and O–H groups in total. The number of nitrogens with one attached hydrogen (secondary N) is 1. The van der Waals surface area contributed by atoms with Crippen molar-refractivity contribution in [3.05, 3.63) is 46.5 Å². The molecule has 7 heteroatoms. The molecule has 0 aliphatic heterocycles. The second-order valence-corrected chi connectivity index (χ2v) is 6.02. The number of aromatic carboxylic acids is 1. The van der Waals surface area contributed by atoms with E-state index in [4.69, 9.17) is 0 Å². The molecule has 0 bridgehead atoms. The number of carbonyl (C=O) groups is 2. The van der Waals surface area contributed by atoms with Crippen molar-refractivity contribution in [1.29, 1.82) is 0 Å². The number of carbonyl (C=O) groups excluding carboxylic acids is 1. The lowest BCUT2D eigenvalue weighted by molar-refractivity contribution is -0.114. The highest BCUT2D eigenvalue weighted by Gasteiger charge is 2.19. The highest BCUT2D eigenvalue weighted by atomic mass is 32.1. The summed E-state index contributed by atoms with van der Waals surface area (Å²) in [5.74, 6) is -1.36. The Labute approximate surface area is 132 Å². The molecule has 0 fully saturated rings. The third-order valence-electron chi connectivity index (χ3n) is 2.89. The van der Waals surface area contributed by atoms with E-state index < -0.39 is 5.97 Å². The van der Waals surface area contributed by atoms with Crippen LogP contribution < -0.4 is 5.32 Å². The molecule has 2 aromatic rings. The van der Waals surface area contributed by atoms with Crippen molar-refractivity contribution >= 4 is 28.3 Å². The van der Waals surface area contributed by atoms with Gasteiger partial charge in [0.1, 0.15) is 0 Å². The van der Waals surface area contributed by atoms with Gasteiger partial charge in [-0.25, -0.2) is 9.78 Å². The number of carboxylic acids is 1. The monoisotopic (exact) mass is 319 g/mol. The lowest BCUT2D eigenvalue weighted by Crippen LogP contribution is -2.18. The van der Waals surface area contributed by atoms with Gasteiger partial charge in [-0.05, 0) is 12.6 Å². The summed E-state index contributed by atoms with van der Waals surface area (Å²) in [5.41, 5.74) is 1.14. The van der Waals surface area contributed by atoms with Crippen LogP contribution in [0.1, 0.15) is 27.9 Å². The number of anilines is 1. The molecule has 1 aromatic heterocycles. The maximum absolute atomic E-state index is 11.3. The lowest BCUT2D eigenvalue weighted by Gasteiger charge is -2.15. The molecule has 0 aliphatic rings. The molecule has 0 radical (unpaired) electrons. The predicted octanol–water partition coefficient (Wildman–Crippen LogP) is 2.43. The molecule has 0 aliphatic carbocycles. The van der Waals surface area contributed by atoms with Gasteiger partial charge in [0.05, 0.1) is 4.88 Å². The minimum atomic E-state index is -1.09. The zero-order valence-electron chi connectivity index (χ0n) is 12.4. The summed E-state index contributed by atoms with van der Waals surface area (Å²) in [6.45, 7) is 2.52. The van der Waals surface area contributed by atoms with Gasteiger partial charge in [0, 0.05) is 20.0 Å². The highest BCUT2D eigenvalue weighted by Crippen LogP contribution is 2.25. The van der Waals surface area contributed by atoms with Crippen LogP contribution in [0.15, 0.2) is 30.3 Å². The Hall–Kier alpha value is -2.25. The number of nitrogens with zero attached hydrogens (tertiary/aromatic N) is 2. The summed E-state index contributed by atoms with van der Waals surface area (Å²) in [4.78, 5) is 28.9. The zero-order valence-corrected chi connectivity index (χ0v) is 13.2. The van der Waals surface area contributed by atoms with Crippen molar-refractivity contribution in [2.24, 2.45) is 0 Å². The van der Waals surface area contributed by atoms with Crippen molar-refractivity contribution in [2.45, 2.75) is 20.0 Å². The van der Waals surface area contributed by atoms with Gasteiger partial charge >= 0.3 is 5.97 Å². The Balaban J connectivity index is 2.11. The first-order valence-corrected chi connectivity index (χ1v) is 7.50. The minimum absolute atomic E-state index is 0.00587. The number of amides is 1. The first-order chi connectivity index (χ1) is 10.5. The van der Waals surface area contributed by atoms with Gasteiger partial charge in [-0.15, -0.1) is 0 Å². The molecule has 116 valence electrons. The number of thiazole rings is 1. The van der Waals surface area contributed by atoms with Crippen LogP contribution in [-0.4, -0.2) is 33.9 Å². The molecule has 6 nitrogen and oxygen atoms in total. The predicted molar refractivity (Wildman–Crippen MR) is 85.0 cm³/mol. The number of hydrogen-bond donors (Lipinski definition) is 2. The van der Waals surface area contributed by atoms with Crippen LogP contribution in [0.2, 0.25) is 0 Å². The summed E-state index contributed by atoms with van der Waals surface area (Å²) in [6, 6.07) is 9.92. The normalized spacial score (nSPS) is 10.7. The molecule has 1 amide bonds. The Morgan fingerprint density at radius 2 is 1.95 bits per heavy atom. The lowest BCUT2D eigenvalue weighted by atomic mass is 10.2. The van der Waals surface area contributed by atoms with Crippen molar-refractivity contribution < 1.29 is 14.7 Å². The molecule has 1 heterocycles. The van der Waals surface area contributed by atoms with Gasteiger partial charge in [0.2, 0.25) is 5.91 Å². The largest absolute Gasteiger partial charge is 0.476 e. The summed E-state index contributed by atoms with van der Waals surface area (Å²) in [7, 11) is 1.91. The van der Waals surface area contributed by atoms with E-state index in [-0.39, 0.29) is 11.6 Å². The molecule has 1 aromatic carbocycles. The molecule has 2 rings (SSSR count). The number of rotatable bonds is 6. The molecule has 22 heavy (non-hydrogen) atoms. The average molecular weight is 319 g/mol. The summed E-state index contributed by atoms with van der Waals surface area (Å²) < 4.78 is 0. The number of benzene rings is 1. The van der Waals surface area contributed by atoms with Gasteiger partial charge < -0.3 is 10.4 Å². The second kappa shape index (κ2) is 7.15. The van der Waals surface area contributed by atoms with E-state index in [0.29, 0.717) is 23.1 Å². The number of aromatic nitrogens is 1. The zero-order chi connectivity index (χ0) is 16.1. The summed E-state index contributed by atoms with van der Waals surface area (Å²) >= 11 is 1.19. The van der Waals surface area contributed by atoms with E-state index >= 15 is 0 Å². The van der Waals surface area contributed by atoms with E-state index in [9.17, 15) is 14.7 Å². The summed E-state index contributed by atoms with van der Waals surface area (Å²) in [6.07, 6.45) is 0. The molecule has 0 unspecified atom stereocenters. The number of carboxylic acid groups (broad SMARTS) is 1. The fourth-order valence-electron chi connectivity index (χ4n) is 2.03. The Morgan fingerprint density at radius 1 is 1.27 bits per heavy atom. The van der Waals surface area contributed by atoms with Crippen LogP contribution in [0.5, 0.6) is 0 Å². The van der Waals surface area contributed by atoms with E-state index in [2.05, 4.69) is 10.3 Å². The quantitative estimate of drug-likeness (QED) is 0.854. The average Bonchev–Trinajstić information content (AvgIpc) is 2.81. The Bertz CT molecular complexity index is 670. The van der Waals surface area contributed by atoms with Crippen LogP contribution in [-0.2, 0) is 17.9 Å². The maximum atomic E-state index is 11.3. The van der Waals surface area contributed by atoms with Gasteiger partial charge in [0.25, 0.3) is 0 Å². The second-order valence-electron chi connectivity index (χ2n) is 4.94. The molecule has 0 saturated heterocycles. The fourth-order valence-corrected chi connectivity index (χ4v) is 3.11. The van der Waals surface area contributed by atoms with Crippen LogP contribution in [0.4, 0.5) is 5.13 Å². The third-order valence-corrected chi connectivity index (χ3v) is 3.85. The Kier molecular flexibility index (Phi) is 5.24. The van der Waals surface area contributed by atoms with Crippen molar-refractivity contribution in [3.8, 4) is 0 Å². The van der Waals surface area contributed by atoms with Crippen LogP contribution in [0.3, 0.4) is 0 Å². The topological polar surface area (TPSA) is 82.5 Å². The molecular formula is C15H17N3O3S. The van der Waals surface area contributed by atoms with E-state index in [1.807, 2.05) is 42.3 Å². The molecule has 0 spiro atoms. The standard InChI is InChI=1S/C15H17N3O3S/c1-10(19)16-15-17-13(14(20)21)12(22-15)9-18(2)8-11-6-4-3-5-7-11/h3-7H,8-9H2,1-2H3,(H,20,21)(H,16,17,19). The molecule has 0 saturated carbocycles. The molecular weight excluding hydrogens is 302 g/mol. The first kappa shape index (κ1) is 16.1. The smallest absolute Gasteiger partial charge is 0.355 e. The maximum Gasteiger partial charge on any atom is 0.355 e. The van der Waals surface area contributed by atoms with E-state index in [1.165, 1.54) is 18.3 Å². The van der Waals surface area contributed by atoms with Crippen molar-refractivity contribution in [3.63, 3.8) is 0 Å². The van der Waals surface area contributed by atoms with Gasteiger partial charge in [-0.3, -0.25) is 9.69 Å². The Morgan fingerprint density at radius 3 is 2.55 bits per heavy atom. The SMILES string of the molecule is CC(=O)Nc1nc(C(=O)O)c(CN(C)Cc2ccccc2)s1. The third kappa shape index (κ3) is 4.37. The van der Waals surface area contributed by atoms with E-state index in [0.717, 1.165) is 5.56 Å². The first-order valence-electron chi connectivity index (χ1n) is 6.68. The van der Waals surface area contributed by atoms with Crippen LogP contribution in [0, 0.1) is 0 Å². The highest BCUT2D eigenvalue weighted by molar-refractivity contribution is 7.16. The van der Waals surface area contributed by atoms with E-state index in [1.54, 1.807) is 0 Å².